The van der Waals surface area contributed by atoms with E-state index in [1.54, 1.807) is 10.8 Å². The predicted octanol–water partition coefficient (Wildman–Crippen LogP) is 0.394. The van der Waals surface area contributed by atoms with Gasteiger partial charge >= 0.3 is 0 Å². The van der Waals surface area contributed by atoms with Crippen LogP contribution >= 0.6 is 0 Å². The van der Waals surface area contributed by atoms with Gasteiger partial charge in [0.2, 0.25) is 0 Å². The average Bonchev–Trinajstić information content (AvgIpc) is 2.78. The lowest BCUT2D eigenvalue weighted by Crippen LogP contribution is -2.36. The normalized spacial score (nSPS) is 17.9. The molecule has 1 aliphatic heterocycles. The molecule has 0 bridgehead atoms. The van der Waals surface area contributed by atoms with Gasteiger partial charge in [-0.15, -0.1) is 15.3 Å². The molecule has 0 amide bonds. The second kappa shape index (κ2) is 3.96. The van der Waals surface area contributed by atoms with E-state index in [1.165, 1.54) is 0 Å². The summed E-state index contributed by atoms with van der Waals surface area (Å²) in [4.78, 5) is 2.19. The van der Waals surface area contributed by atoms with E-state index in [1.807, 2.05) is 13.0 Å². The highest BCUT2D eigenvalue weighted by atomic mass is 16.3. The standard InChI is InChI=1S/C11H15N5O/c1-8-6-10(14-16-7-12-13-11(8)16)15-4-2-9(17)3-5-15/h6-7,9,17H,2-5H2,1H3. The first-order chi connectivity index (χ1) is 8.24. The molecule has 2 aromatic heterocycles. The largest absolute Gasteiger partial charge is 0.393 e. The Labute approximate surface area is 98.9 Å². The molecule has 0 radical (unpaired) electrons. The fourth-order valence-corrected chi connectivity index (χ4v) is 2.21. The SMILES string of the molecule is Cc1cc(N2CCC(O)CC2)nn2cnnc12. The van der Waals surface area contributed by atoms with Crippen LogP contribution in [0.3, 0.4) is 0 Å². The van der Waals surface area contributed by atoms with Crippen molar-refractivity contribution in [2.24, 2.45) is 0 Å². The van der Waals surface area contributed by atoms with Crippen LogP contribution in [0.4, 0.5) is 5.82 Å². The zero-order valence-electron chi connectivity index (χ0n) is 9.74. The summed E-state index contributed by atoms with van der Waals surface area (Å²) in [6, 6.07) is 2.03. The van der Waals surface area contributed by atoms with Gasteiger partial charge in [0.1, 0.15) is 12.1 Å². The van der Waals surface area contributed by atoms with Gasteiger partial charge in [-0.05, 0) is 31.4 Å². The molecule has 17 heavy (non-hydrogen) atoms. The molecule has 1 fully saturated rings. The second-order valence-electron chi connectivity index (χ2n) is 4.50. The number of hydrogen-bond acceptors (Lipinski definition) is 5. The van der Waals surface area contributed by atoms with Gasteiger partial charge < -0.3 is 10.0 Å². The summed E-state index contributed by atoms with van der Waals surface area (Å²) in [7, 11) is 0. The molecule has 6 heteroatoms. The minimum Gasteiger partial charge on any atom is -0.393 e. The van der Waals surface area contributed by atoms with Crippen molar-refractivity contribution < 1.29 is 5.11 Å². The van der Waals surface area contributed by atoms with Crippen molar-refractivity contribution in [3.8, 4) is 0 Å². The van der Waals surface area contributed by atoms with Crippen LogP contribution < -0.4 is 4.90 Å². The first-order valence-corrected chi connectivity index (χ1v) is 5.85. The van der Waals surface area contributed by atoms with Crippen LogP contribution in [0.25, 0.3) is 5.65 Å². The fourth-order valence-electron chi connectivity index (χ4n) is 2.21. The zero-order chi connectivity index (χ0) is 11.8. The molecule has 0 aliphatic carbocycles. The van der Waals surface area contributed by atoms with Gasteiger partial charge in [0.15, 0.2) is 5.65 Å². The van der Waals surface area contributed by atoms with Crippen LogP contribution in [-0.4, -0.2) is 44.1 Å². The van der Waals surface area contributed by atoms with E-state index in [2.05, 4.69) is 20.2 Å². The third-order valence-corrected chi connectivity index (χ3v) is 3.23. The molecule has 90 valence electrons. The van der Waals surface area contributed by atoms with Crippen LogP contribution in [-0.2, 0) is 0 Å². The number of rotatable bonds is 1. The Bertz CT molecular complexity index is 530. The second-order valence-corrected chi connectivity index (χ2v) is 4.50. The molecule has 0 atom stereocenters. The summed E-state index contributed by atoms with van der Waals surface area (Å²) in [6.07, 6.45) is 3.07. The zero-order valence-corrected chi connectivity index (χ0v) is 9.74. The van der Waals surface area contributed by atoms with Crippen molar-refractivity contribution in [3.05, 3.63) is 18.0 Å². The number of aliphatic hydroxyl groups excluding tert-OH is 1. The number of aliphatic hydroxyl groups is 1. The minimum atomic E-state index is -0.161. The van der Waals surface area contributed by atoms with Crippen LogP contribution in [0.5, 0.6) is 0 Å². The van der Waals surface area contributed by atoms with Crippen LogP contribution in [0.1, 0.15) is 18.4 Å². The van der Waals surface area contributed by atoms with E-state index >= 15 is 0 Å². The third-order valence-electron chi connectivity index (χ3n) is 3.23. The number of piperidine rings is 1. The molecule has 1 saturated heterocycles. The Morgan fingerprint density at radius 2 is 2.12 bits per heavy atom. The summed E-state index contributed by atoms with van der Waals surface area (Å²) in [5.74, 6) is 0.932. The molecule has 0 unspecified atom stereocenters. The van der Waals surface area contributed by atoms with Gasteiger partial charge in [-0.3, -0.25) is 0 Å². The number of fused-ring (bicyclic) bond motifs is 1. The van der Waals surface area contributed by atoms with Crippen molar-refractivity contribution in [1.29, 1.82) is 0 Å². The summed E-state index contributed by atoms with van der Waals surface area (Å²) in [5.41, 5.74) is 1.87. The topological polar surface area (TPSA) is 66.5 Å². The lowest BCUT2D eigenvalue weighted by atomic mass is 10.1. The molecule has 3 rings (SSSR count). The Kier molecular flexibility index (Phi) is 2.44. The number of anilines is 1. The van der Waals surface area contributed by atoms with Crippen molar-refractivity contribution in [2.75, 3.05) is 18.0 Å². The van der Waals surface area contributed by atoms with Crippen LogP contribution in [0.2, 0.25) is 0 Å². The van der Waals surface area contributed by atoms with Gasteiger partial charge in [-0.2, -0.15) is 4.52 Å². The molecule has 1 aliphatic rings. The lowest BCUT2D eigenvalue weighted by molar-refractivity contribution is 0.145. The first kappa shape index (κ1) is 10.5. The van der Waals surface area contributed by atoms with E-state index < -0.39 is 0 Å². The van der Waals surface area contributed by atoms with Crippen molar-refractivity contribution >= 4 is 11.5 Å². The smallest absolute Gasteiger partial charge is 0.180 e. The quantitative estimate of drug-likeness (QED) is 0.772. The van der Waals surface area contributed by atoms with Gasteiger partial charge in [-0.25, -0.2) is 0 Å². The van der Waals surface area contributed by atoms with Crippen molar-refractivity contribution in [3.63, 3.8) is 0 Å². The predicted molar refractivity (Wildman–Crippen MR) is 63.0 cm³/mol. The van der Waals surface area contributed by atoms with Crippen molar-refractivity contribution in [2.45, 2.75) is 25.9 Å². The van der Waals surface area contributed by atoms with Gasteiger partial charge in [-0.1, -0.05) is 0 Å². The number of nitrogens with zero attached hydrogens (tertiary/aromatic N) is 5. The maximum Gasteiger partial charge on any atom is 0.180 e. The maximum atomic E-state index is 9.49. The molecule has 0 aromatic carbocycles. The highest BCUT2D eigenvalue weighted by Gasteiger charge is 2.19. The maximum absolute atomic E-state index is 9.49. The molecule has 2 aromatic rings. The number of aryl methyl sites for hydroxylation is 1. The van der Waals surface area contributed by atoms with E-state index in [4.69, 9.17) is 0 Å². The number of hydrogen-bond donors (Lipinski definition) is 1. The lowest BCUT2D eigenvalue weighted by Gasteiger charge is -2.30. The van der Waals surface area contributed by atoms with Crippen molar-refractivity contribution in [1.82, 2.24) is 19.8 Å². The minimum absolute atomic E-state index is 0.161. The van der Waals surface area contributed by atoms with Gasteiger partial charge in [0, 0.05) is 13.1 Å². The molecular weight excluding hydrogens is 218 g/mol. The summed E-state index contributed by atoms with van der Waals surface area (Å²) in [6.45, 7) is 3.70. The monoisotopic (exact) mass is 233 g/mol. The van der Waals surface area contributed by atoms with E-state index in [0.29, 0.717) is 0 Å². The molecule has 0 saturated carbocycles. The summed E-state index contributed by atoms with van der Waals surface area (Å²) >= 11 is 0. The molecule has 0 spiro atoms. The van der Waals surface area contributed by atoms with E-state index in [-0.39, 0.29) is 6.10 Å². The Balaban J connectivity index is 1.94. The van der Waals surface area contributed by atoms with Crippen LogP contribution in [0.15, 0.2) is 12.4 Å². The van der Waals surface area contributed by atoms with E-state index in [9.17, 15) is 5.11 Å². The highest BCUT2D eigenvalue weighted by molar-refractivity contribution is 5.52. The molecule has 6 nitrogen and oxygen atoms in total. The Hall–Kier alpha value is -1.69. The third kappa shape index (κ3) is 1.84. The molecular formula is C11H15N5O. The number of aromatic nitrogens is 4. The fraction of sp³-hybridized carbons (Fsp3) is 0.545. The first-order valence-electron chi connectivity index (χ1n) is 5.85. The Morgan fingerprint density at radius 3 is 2.88 bits per heavy atom. The Morgan fingerprint density at radius 1 is 1.35 bits per heavy atom. The molecule has 3 heterocycles. The van der Waals surface area contributed by atoms with Crippen LogP contribution in [0, 0.1) is 6.92 Å². The van der Waals surface area contributed by atoms with E-state index in [0.717, 1.165) is 43.0 Å². The molecule has 1 N–H and O–H groups in total. The highest BCUT2D eigenvalue weighted by Crippen LogP contribution is 2.19. The van der Waals surface area contributed by atoms with Gasteiger partial charge in [0.25, 0.3) is 0 Å². The average molecular weight is 233 g/mol. The summed E-state index contributed by atoms with van der Waals surface area (Å²) in [5, 5.41) is 21.8. The summed E-state index contributed by atoms with van der Waals surface area (Å²) < 4.78 is 1.70. The van der Waals surface area contributed by atoms with Gasteiger partial charge in [0.05, 0.1) is 6.10 Å².